The zero-order valence-corrected chi connectivity index (χ0v) is 20.9. The fraction of sp³-hybridized carbons (Fsp3) is 0.593. The van der Waals surface area contributed by atoms with Gasteiger partial charge in [-0.25, -0.2) is 0 Å². The Labute approximate surface area is 212 Å². The summed E-state index contributed by atoms with van der Waals surface area (Å²) < 4.78 is 11.8. The van der Waals surface area contributed by atoms with Crippen molar-refractivity contribution in [3.05, 3.63) is 47.8 Å². The van der Waals surface area contributed by atoms with Gasteiger partial charge in [0, 0.05) is 12.7 Å². The van der Waals surface area contributed by atoms with Crippen LogP contribution in [0.1, 0.15) is 49.5 Å². The van der Waals surface area contributed by atoms with Crippen LogP contribution in [0.3, 0.4) is 0 Å². The molecular weight excluding hydrogens is 458 g/mol. The van der Waals surface area contributed by atoms with Gasteiger partial charge < -0.3 is 19.7 Å². The lowest BCUT2D eigenvalue weighted by atomic mass is 9.73. The first-order valence-corrected chi connectivity index (χ1v) is 13.2. The molecule has 1 atom stereocenters. The van der Waals surface area contributed by atoms with Crippen molar-refractivity contribution in [2.45, 2.75) is 44.6 Å². The number of amides is 2. The number of fused-ring (bicyclic) bond motifs is 1. The second-order valence-corrected chi connectivity index (χ2v) is 10.2. The van der Waals surface area contributed by atoms with E-state index in [4.69, 9.17) is 9.47 Å². The Balaban J connectivity index is 1.15. The second kappa shape index (κ2) is 11.4. The number of aromatic amines is 1. The van der Waals surface area contributed by atoms with Crippen molar-refractivity contribution in [2.75, 3.05) is 52.5 Å². The molecule has 0 radical (unpaired) electrons. The summed E-state index contributed by atoms with van der Waals surface area (Å²) >= 11 is 0. The molecule has 4 heterocycles. The number of benzene rings is 1. The molecule has 0 bridgehead atoms. The van der Waals surface area contributed by atoms with Crippen LogP contribution in [0.2, 0.25) is 0 Å². The normalized spacial score (nSPS) is 23.6. The minimum atomic E-state index is -0.358. The van der Waals surface area contributed by atoms with Gasteiger partial charge in [0.15, 0.2) is 0 Å². The Hall–Kier alpha value is -2.91. The van der Waals surface area contributed by atoms with E-state index >= 15 is 0 Å². The fourth-order valence-corrected chi connectivity index (χ4v) is 5.67. The van der Waals surface area contributed by atoms with Crippen molar-refractivity contribution < 1.29 is 19.1 Å². The lowest BCUT2D eigenvalue weighted by Gasteiger charge is -2.41. The van der Waals surface area contributed by atoms with Crippen LogP contribution in [0.25, 0.3) is 0 Å². The molecule has 9 heteroatoms. The van der Waals surface area contributed by atoms with Gasteiger partial charge in [0.25, 0.3) is 0 Å². The summed E-state index contributed by atoms with van der Waals surface area (Å²) in [4.78, 5) is 30.5. The Bertz CT molecular complexity index is 1020. The quantitative estimate of drug-likeness (QED) is 0.678. The molecule has 2 fully saturated rings. The Morgan fingerprint density at radius 1 is 1.08 bits per heavy atom. The molecule has 3 aliphatic heterocycles. The summed E-state index contributed by atoms with van der Waals surface area (Å²) in [5.41, 5.74) is 1.78. The lowest BCUT2D eigenvalue weighted by molar-refractivity contribution is -0.141. The zero-order chi connectivity index (χ0) is 24.8. The SMILES string of the molecule is O=C(CN1CCC2(CCCCc3ccccc3OCCNC2=O)CC1)N1CCOC(c2ccn[nH]2)C1. The third-order valence-corrected chi connectivity index (χ3v) is 7.91. The zero-order valence-electron chi connectivity index (χ0n) is 20.9. The average Bonchev–Trinajstić information content (AvgIpc) is 3.45. The van der Waals surface area contributed by atoms with E-state index in [2.05, 4.69) is 32.5 Å². The van der Waals surface area contributed by atoms with Crippen LogP contribution in [-0.2, 0) is 20.7 Å². The van der Waals surface area contributed by atoms with Crippen LogP contribution >= 0.6 is 0 Å². The van der Waals surface area contributed by atoms with E-state index in [9.17, 15) is 9.59 Å². The Kier molecular flexibility index (Phi) is 7.87. The Morgan fingerprint density at radius 3 is 2.78 bits per heavy atom. The van der Waals surface area contributed by atoms with Crippen molar-refractivity contribution in [3.8, 4) is 5.75 Å². The standard InChI is InChI=1S/C27H37N5O4/c33-25(32-16-18-36-24(19-32)22-8-12-29-30-22)20-31-14-10-27(11-15-31)9-4-3-6-21-5-1-2-7-23(21)35-17-13-28-26(27)34/h1-2,5,7-8,12,24H,3-4,6,9-11,13-20H2,(H,28,34)(H,29,30). The molecule has 9 nitrogen and oxygen atoms in total. The first-order chi connectivity index (χ1) is 17.6. The number of H-pyrrole nitrogens is 1. The highest BCUT2D eigenvalue weighted by atomic mass is 16.5. The number of morpholine rings is 1. The molecule has 2 N–H and O–H groups in total. The number of ether oxygens (including phenoxy) is 2. The number of carbonyl (C=O) groups excluding carboxylic acids is 2. The van der Waals surface area contributed by atoms with Gasteiger partial charge in [-0.3, -0.25) is 19.6 Å². The number of likely N-dealkylation sites (tertiary alicyclic amines) is 1. The molecule has 1 aromatic carbocycles. The van der Waals surface area contributed by atoms with Crippen LogP contribution in [0.15, 0.2) is 36.5 Å². The first-order valence-electron chi connectivity index (χ1n) is 13.2. The highest BCUT2D eigenvalue weighted by Gasteiger charge is 2.41. The van der Waals surface area contributed by atoms with Crippen LogP contribution in [-0.4, -0.2) is 84.3 Å². The number of rotatable bonds is 3. The maximum atomic E-state index is 13.3. The third kappa shape index (κ3) is 5.73. The number of carbonyl (C=O) groups is 2. The van der Waals surface area contributed by atoms with E-state index < -0.39 is 0 Å². The number of aromatic nitrogens is 2. The third-order valence-electron chi connectivity index (χ3n) is 7.91. The monoisotopic (exact) mass is 495 g/mol. The molecule has 1 unspecified atom stereocenters. The van der Waals surface area contributed by atoms with Crippen molar-refractivity contribution in [3.63, 3.8) is 0 Å². The van der Waals surface area contributed by atoms with Gasteiger partial charge in [0.05, 0.1) is 37.4 Å². The summed E-state index contributed by atoms with van der Waals surface area (Å²) in [5.74, 6) is 1.19. The van der Waals surface area contributed by atoms with Gasteiger partial charge in [0.1, 0.15) is 18.5 Å². The van der Waals surface area contributed by atoms with Crippen LogP contribution in [0.4, 0.5) is 0 Å². The van der Waals surface area contributed by atoms with E-state index in [0.29, 0.717) is 39.4 Å². The van der Waals surface area contributed by atoms with E-state index in [-0.39, 0.29) is 23.3 Å². The van der Waals surface area contributed by atoms with Crippen LogP contribution < -0.4 is 10.1 Å². The number of nitrogens with zero attached hydrogens (tertiary/aromatic N) is 3. The number of aryl methyl sites for hydroxylation is 1. The lowest BCUT2D eigenvalue weighted by Crippen LogP contribution is -2.52. The molecular formula is C27H37N5O4. The van der Waals surface area contributed by atoms with E-state index in [1.165, 1.54) is 5.56 Å². The van der Waals surface area contributed by atoms with Gasteiger partial charge in [-0.1, -0.05) is 24.6 Å². The number of nitrogens with one attached hydrogen (secondary N) is 2. The molecule has 2 amide bonds. The summed E-state index contributed by atoms with van der Waals surface area (Å²) in [6.45, 7) is 4.54. The second-order valence-electron chi connectivity index (χ2n) is 10.2. The molecule has 2 aromatic rings. The predicted molar refractivity (Wildman–Crippen MR) is 134 cm³/mol. The minimum Gasteiger partial charge on any atom is -0.491 e. The Morgan fingerprint density at radius 2 is 1.94 bits per heavy atom. The van der Waals surface area contributed by atoms with Crippen molar-refractivity contribution >= 4 is 11.8 Å². The largest absolute Gasteiger partial charge is 0.491 e. The summed E-state index contributed by atoms with van der Waals surface area (Å²) in [6, 6.07) is 10.1. The van der Waals surface area contributed by atoms with Gasteiger partial charge in [-0.05, 0) is 62.9 Å². The van der Waals surface area contributed by atoms with Crippen molar-refractivity contribution in [1.82, 2.24) is 25.3 Å². The van der Waals surface area contributed by atoms with Gasteiger partial charge >= 0.3 is 0 Å². The average molecular weight is 496 g/mol. The fourth-order valence-electron chi connectivity index (χ4n) is 5.67. The van der Waals surface area contributed by atoms with Gasteiger partial charge in [-0.15, -0.1) is 0 Å². The summed E-state index contributed by atoms with van der Waals surface area (Å²) in [5, 5.41) is 10.1. The molecule has 0 aliphatic carbocycles. The first kappa shape index (κ1) is 24.8. The molecule has 194 valence electrons. The molecule has 2 saturated heterocycles. The number of piperidine rings is 1. The van der Waals surface area contributed by atoms with E-state index in [1.54, 1.807) is 6.20 Å². The molecule has 0 saturated carbocycles. The molecule has 1 aromatic heterocycles. The molecule has 1 spiro atoms. The number of hydrogen-bond donors (Lipinski definition) is 2. The van der Waals surface area contributed by atoms with Gasteiger partial charge in [-0.2, -0.15) is 5.10 Å². The maximum Gasteiger partial charge on any atom is 0.236 e. The minimum absolute atomic E-state index is 0.123. The predicted octanol–water partition coefficient (Wildman–Crippen LogP) is 2.31. The van der Waals surface area contributed by atoms with Crippen molar-refractivity contribution in [1.29, 1.82) is 0 Å². The summed E-state index contributed by atoms with van der Waals surface area (Å²) in [7, 11) is 0. The topological polar surface area (TPSA) is 99.8 Å². The molecule has 3 aliphatic rings. The highest BCUT2D eigenvalue weighted by Crippen LogP contribution is 2.37. The highest BCUT2D eigenvalue weighted by molar-refractivity contribution is 5.83. The van der Waals surface area contributed by atoms with E-state index in [1.807, 2.05) is 23.1 Å². The smallest absolute Gasteiger partial charge is 0.236 e. The van der Waals surface area contributed by atoms with Crippen LogP contribution in [0, 0.1) is 5.41 Å². The maximum absolute atomic E-state index is 13.3. The van der Waals surface area contributed by atoms with Gasteiger partial charge in [0.2, 0.25) is 11.8 Å². The number of para-hydroxylation sites is 1. The molecule has 36 heavy (non-hydrogen) atoms. The summed E-state index contributed by atoms with van der Waals surface area (Å²) in [6.07, 6.45) is 6.99. The number of hydrogen-bond acceptors (Lipinski definition) is 6. The van der Waals surface area contributed by atoms with E-state index in [0.717, 1.165) is 63.1 Å². The van der Waals surface area contributed by atoms with Crippen molar-refractivity contribution in [2.24, 2.45) is 5.41 Å². The molecule has 5 rings (SSSR count). The van der Waals surface area contributed by atoms with Crippen LogP contribution in [0.5, 0.6) is 5.75 Å².